The lowest BCUT2D eigenvalue weighted by Crippen LogP contribution is -2.37. The Morgan fingerprint density at radius 2 is 1.87 bits per heavy atom. The number of hydrogen-bond donors (Lipinski definition) is 2. The molecule has 0 radical (unpaired) electrons. The van der Waals surface area contributed by atoms with E-state index in [1.165, 1.54) is 5.56 Å². The third-order valence-corrected chi connectivity index (χ3v) is 5.70. The van der Waals surface area contributed by atoms with E-state index in [1.807, 2.05) is 36.8 Å². The van der Waals surface area contributed by atoms with Crippen LogP contribution >= 0.6 is 0 Å². The number of hydrogen-bond acceptors (Lipinski definition) is 8. The van der Waals surface area contributed by atoms with E-state index in [2.05, 4.69) is 52.9 Å². The van der Waals surface area contributed by atoms with E-state index in [9.17, 15) is 0 Å². The van der Waals surface area contributed by atoms with Crippen LogP contribution in [0.4, 0.5) is 5.95 Å². The van der Waals surface area contributed by atoms with Gasteiger partial charge < -0.3 is 15.1 Å². The number of anilines is 1. The summed E-state index contributed by atoms with van der Waals surface area (Å²) >= 11 is 0. The van der Waals surface area contributed by atoms with Crippen LogP contribution in [-0.2, 0) is 11.4 Å². The van der Waals surface area contributed by atoms with Crippen LogP contribution < -0.4 is 5.32 Å². The van der Waals surface area contributed by atoms with Gasteiger partial charge in [-0.05, 0) is 18.4 Å². The Kier molecular flexibility index (Phi) is 5.24. The molecule has 1 aromatic carbocycles. The van der Waals surface area contributed by atoms with E-state index >= 15 is 0 Å². The summed E-state index contributed by atoms with van der Waals surface area (Å²) in [6, 6.07) is 10.2. The van der Waals surface area contributed by atoms with Gasteiger partial charge in [0.05, 0.1) is 18.3 Å². The molecule has 1 fully saturated rings. The lowest BCUT2D eigenvalue weighted by Gasteiger charge is -2.31. The SMILES string of the molecule is c1ccc(CNc2ncc(C3CC(N4CCC(c5cn[nH]n5)CC4)=NO3)cn2)cc1. The summed E-state index contributed by atoms with van der Waals surface area (Å²) < 4.78 is 0. The fourth-order valence-electron chi connectivity index (χ4n) is 3.94. The highest BCUT2D eigenvalue weighted by Gasteiger charge is 2.30. The summed E-state index contributed by atoms with van der Waals surface area (Å²) in [7, 11) is 0. The summed E-state index contributed by atoms with van der Waals surface area (Å²) in [5.74, 6) is 2.07. The summed E-state index contributed by atoms with van der Waals surface area (Å²) in [6.07, 6.45) is 8.17. The fourth-order valence-corrected chi connectivity index (χ4v) is 3.94. The minimum absolute atomic E-state index is 0.128. The van der Waals surface area contributed by atoms with Crippen LogP contribution in [0.1, 0.15) is 48.1 Å². The molecule has 0 spiro atoms. The summed E-state index contributed by atoms with van der Waals surface area (Å²) in [5.41, 5.74) is 3.18. The predicted octanol–water partition coefficient (Wildman–Crippen LogP) is 2.86. The lowest BCUT2D eigenvalue weighted by atomic mass is 9.93. The number of nitrogens with one attached hydrogen (secondary N) is 2. The Hall–Kier alpha value is -3.49. The molecule has 30 heavy (non-hydrogen) atoms. The van der Waals surface area contributed by atoms with Gasteiger partial charge in [0.15, 0.2) is 6.10 Å². The quantitative estimate of drug-likeness (QED) is 0.674. The van der Waals surface area contributed by atoms with E-state index in [0.717, 1.165) is 49.4 Å². The Balaban J connectivity index is 1.12. The molecule has 3 aromatic rings. The van der Waals surface area contributed by atoms with Gasteiger partial charge in [0.1, 0.15) is 5.84 Å². The predicted molar refractivity (Wildman–Crippen MR) is 112 cm³/mol. The van der Waals surface area contributed by atoms with E-state index in [-0.39, 0.29) is 6.10 Å². The van der Waals surface area contributed by atoms with Crippen LogP contribution in [0.2, 0.25) is 0 Å². The molecule has 4 heterocycles. The molecule has 1 saturated heterocycles. The first kappa shape index (κ1) is 18.5. The molecule has 9 nitrogen and oxygen atoms in total. The van der Waals surface area contributed by atoms with E-state index < -0.39 is 0 Å². The molecule has 0 amide bonds. The van der Waals surface area contributed by atoms with Gasteiger partial charge in [0, 0.05) is 43.5 Å². The van der Waals surface area contributed by atoms with Gasteiger partial charge in [-0.1, -0.05) is 35.5 Å². The van der Waals surface area contributed by atoms with Gasteiger partial charge in [-0.15, -0.1) is 0 Å². The Bertz CT molecular complexity index is 966. The molecular weight excluding hydrogens is 380 g/mol. The zero-order valence-corrected chi connectivity index (χ0v) is 16.6. The molecule has 0 aliphatic carbocycles. The first-order valence-corrected chi connectivity index (χ1v) is 10.3. The maximum Gasteiger partial charge on any atom is 0.222 e. The average molecular weight is 404 g/mol. The normalized spacial score (nSPS) is 19.4. The second-order valence-corrected chi connectivity index (χ2v) is 7.64. The molecule has 2 N–H and O–H groups in total. The first-order valence-electron chi connectivity index (χ1n) is 10.3. The standard InChI is InChI=1S/C21H24N8O/c1-2-4-15(5-3-1)11-22-21-23-12-17(13-24-21)19-10-20(27-30-19)29-8-6-16(7-9-29)18-14-25-28-26-18/h1-5,12-14,16,19H,6-11H2,(H,22,23,24)(H,25,26,28). The molecule has 154 valence electrons. The molecule has 2 aromatic heterocycles. The maximum absolute atomic E-state index is 5.69. The number of oxime groups is 1. The van der Waals surface area contributed by atoms with Crippen LogP contribution in [0.3, 0.4) is 0 Å². The van der Waals surface area contributed by atoms with Crippen LogP contribution in [0.25, 0.3) is 0 Å². The largest absolute Gasteiger partial charge is 0.386 e. The number of benzene rings is 1. The van der Waals surface area contributed by atoms with Crippen LogP contribution in [-0.4, -0.2) is 49.2 Å². The number of nitrogens with zero attached hydrogens (tertiary/aromatic N) is 6. The van der Waals surface area contributed by atoms with Crippen molar-refractivity contribution < 1.29 is 4.84 Å². The van der Waals surface area contributed by atoms with Crippen molar-refractivity contribution in [1.29, 1.82) is 0 Å². The molecule has 2 aliphatic heterocycles. The van der Waals surface area contributed by atoms with Crippen molar-refractivity contribution in [3.8, 4) is 0 Å². The van der Waals surface area contributed by atoms with Crippen molar-refractivity contribution in [2.24, 2.45) is 5.16 Å². The lowest BCUT2D eigenvalue weighted by molar-refractivity contribution is 0.0850. The number of piperidine rings is 1. The summed E-state index contributed by atoms with van der Waals surface area (Å²) in [4.78, 5) is 16.9. The number of rotatable bonds is 5. The first-order chi connectivity index (χ1) is 14.8. The van der Waals surface area contributed by atoms with Gasteiger partial charge in [-0.3, -0.25) is 0 Å². The van der Waals surface area contributed by atoms with Crippen molar-refractivity contribution in [2.75, 3.05) is 18.4 Å². The monoisotopic (exact) mass is 404 g/mol. The zero-order valence-electron chi connectivity index (χ0n) is 16.6. The van der Waals surface area contributed by atoms with Crippen LogP contribution in [0, 0.1) is 0 Å². The van der Waals surface area contributed by atoms with Crippen LogP contribution in [0.15, 0.2) is 54.1 Å². The fraction of sp³-hybridized carbons (Fsp3) is 0.381. The Morgan fingerprint density at radius 1 is 1.07 bits per heavy atom. The van der Waals surface area contributed by atoms with Crippen molar-refractivity contribution in [3.05, 3.63) is 65.7 Å². The topological polar surface area (TPSA) is 104 Å². The van der Waals surface area contributed by atoms with E-state index in [1.54, 1.807) is 0 Å². The molecule has 5 rings (SSSR count). The molecule has 0 saturated carbocycles. The number of aromatic amines is 1. The van der Waals surface area contributed by atoms with Gasteiger partial charge in [0.25, 0.3) is 0 Å². The zero-order chi connectivity index (χ0) is 20.2. The number of amidine groups is 1. The third-order valence-electron chi connectivity index (χ3n) is 5.70. The maximum atomic E-state index is 5.69. The van der Waals surface area contributed by atoms with Crippen molar-refractivity contribution in [1.82, 2.24) is 30.3 Å². The van der Waals surface area contributed by atoms with E-state index in [0.29, 0.717) is 18.4 Å². The molecular formula is C21H24N8O. The molecule has 0 bridgehead atoms. The smallest absolute Gasteiger partial charge is 0.222 e. The van der Waals surface area contributed by atoms with Gasteiger partial charge in [-0.2, -0.15) is 15.4 Å². The second-order valence-electron chi connectivity index (χ2n) is 7.64. The van der Waals surface area contributed by atoms with E-state index in [4.69, 9.17) is 4.84 Å². The highest BCUT2D eigenvalue weighted by Crippen LogP contribution is 2.31. The van der Waals surface area contributed by atoms with Gasteiger partial charge in [0.2, 0.25) is 5.95 Å². The van der Waals surface area contributed by atoms with Crippen molar-refractivity contribution >= 4 is 11.8 Å². The summed E-state index contributed by atoms with van der Waals surface area (Å²) in [5, 5.41) is 18.4. The average Bonchev–Trinajstić information content (AvgIpc) is 3.52. The van der Waals surface area contributed by atoms with Gasteiger partial charge in [-0.25, -0.2) is 9.97 Å². The van der Waals surface area contributed by atoms with Crippen molar-refractivity contribution in [3.63, 3.8) is 0 Å². The van der Waals surface area contributed by atoms with Gasteiger partial charge >= 0.3 is 0 Å². The minimum Gasteiger partial charge on any atom is -0.386 e. The minimum atomic E-state index is -0.128. The second kappa shape index (κ2) is 8.48. The Morgan fingerprint density at radius 3 is 2.60 bits per heavy atom. The molecule has 9 heteroatoms. The summed E-state index contributed by atoms with van der Waals surface area (Å²) in [6.45, 7) is 2.59. The van der Waals surface area contributed by atoms with Crippen LogP contribution in [0.5, 0.6) is 0 Å². The number of likely N-dealkylation sites (tertiary alicyclic amines) is 1. The molecule has 1 atom stereocenters. The molecule has 1 unspecified atom stereocenters. The highest BCUT2D eigenvalue weighted by molar-refractivity contribution is 5.83. The highest BCUT2D eigenvalue weighted by atomic mass is 16.6. The molecule has 2 aliphatic rings. The third kappa shape index (κ3) is 4.10. The van der Waals surface area contributed by atoms with Crippen molar-refractivity contribution in [2.45, 2.75) is 37.8 Å². The number of H-pyrrole nitrogens is 1. The Labute approximate surface area is 174 Å². The number of aromatic nitrogens is 5.